The number of H-pyrrole nitrogens is 1. The van der Waals surface area contributed by atoms with Crippen molar-refractivity contribution in [2.45, 2.75) is 16.2 Å². The molecule has 4 aromatic rings. The van der Waals surface area contributed by atoms with Crippen molar-refractivity contribution in [1.29, 1.82) is 0 Å². The molecule has 2 aliphatic heterocycles. The van der Waals surface area contributed by atoms with Gasteiger partial charge in [0, 0.05) is 27.1 Å². The zero-order valence-corrected chi connectivity index (χ0v) is 22.9. The highest BCUT2D eigenvalue weighted by Crippen LogP contribution is 2.54. The first kappa shape index (κ1) is 26.2. The number of aromatic nitrogens is 1. The molecule has 1 saturated heterocycles. The molecule has 12 heteroatoms. The highest BCUT2D eigenvalue weighted by molar-refractivity contribution is 8.00. The number of thioether (sulfide) groups is 1. The van der Waals surface area contributed by atoms with Crippen LogP contribution in [0, 0.1) is 5.92 Å². The number of para-hydroxylation sites is 1. The number of nitrogens with zero attached hydrogens (tertiary/aromatic N) is 1. The summed E-state index contributed by atoms with van der Waals surface area (Å²) in [6.45, 7) is -0.357. The third-order valence-corrected chi connectivity index (χ3v) is 9.29. The maximum absolute atomic E-state index is 13.9. The van der Waals surface area contributed by atoms with Gasteiger partial charge >= 0.3 is 4.87 Å². The molecule has 202 valence electrons. The molecular formula is C28H20ClN3O6S2. The van der Waals surface area contributed by atoms with Crippen LogP contribution in [0.15, 0.2) is 82.6 Å². The van der Waals surface area contributed by atoms with Crippen molar-refractivity contribution in [3.63, 3.8) is 0 Å². The fourth-order valence-corrected chi connectivity index (χ4v) is 7.65. The number of benzene rings is 3. The molecular weight excluding hydrogens is 574 g/mol. The highest BCUT2D eigenvalue weighted by atomic mass is 35.5. The number of aromatic amines is 1. The molecule has 3 amide bonds. The van der Waals surface area contributed by atoms with Crippen LogP contribution in [0.25, 0.3) is 0 Å². The van der Waals surface area contributed by atoms with E-state index in [1.165, 1.54) is 28.8 Å². The molecule has 2 aliphatic rings. The molecule has 0 radical (unpaired) electrons. The number of thiazole rings is 1. The van der Waals surface area contributed by atoms with Gasteiger partial charge < -0.3 is 20.1 Å². The van der Waals surface area contributed by atoms with E-state index in [2.05, 4.69) is 10.3 Å². The number of fused-ring (bicyclic) bond motifs is 2. The molecule has 0 aliphatic carbocycles. The second-order valence-electron chi connectivity index (χ2n) is 9.16. The van der Waals surface area contributed by atoms with Crippen molar-refractivity contribution in [2.24, 2.45) is 5.92 Å². The Morgan fingerprint density at radius 3 is 2.52 bits per heavy atom. The number of hydrogen-bond donors (Lipinski definition) is 3. The predicted octanol–water partition coefficient (Wildman–Crippen LogP) is 4.61. The van der Waals surface area contributed by atoms with Crippen molar-refractivity contribution < 1.29 is 24.2 Å². The van der Waals surface area contributed by atoms with Crippen molar-refractivity contribution in [3.05, 3.63) is 97.9 Å². The number of phenolic OH excluding ortho intramolecular Hbond substituents is 1. The van der Waals surface area contributed by atoms with E-state index in [1.54, 1.807) is 60.7 Å². The minimum absolute atomic E-state index is 0.0706. The average molecular weight is 594 g/mol. The number of carbonyl (C=O) groups is 3. The molecule has 9 nitrogen and oxygen atoms in total. The van der Waals surface area contributed by atoms with Crippen LogP contribution in [0.5, 0.6) is 11.5 Å². The summed E-state index contributed by atoms with van der Waals surface area (Å²) < 4.78 is 5.93. The second kappa shape index (κ2) is 10.5. The fraction of sp³-hybridized carbons (Fsp3) is 0.143. The minimum atomic E-state index is -0.830. The lowest BCUT2D eigenvalue weighted by atomic mass is 9.82. The monoisotopic (exact) mass is 593 g/mol. The first-order chi connectivity index (χ1) is 19.3. The van der Waals surface area contributed by atoms with Gasteiger partial charge in [0.25, 0.3) is 5.91 Å². The lowest BCUT2D eigenvalue weighted by Gasteiger charge is -2.31. The van der Waals surface area contributed by atoms with Gasteiger partial charge in [0.2, 0.25) is 11.8 Å². The van der Waals surface area contributed by atoms with Crippen LogP contribution in [-0.4, -0.2) is 39.7 Å². The Bertz CT molecular complexity index is 1690. The molecule has 1 aromatic heterocycles. The quantitative estimate of drug-likeness (QED) is 0.220. The molecule has 40 heavy (non-hydrogen) atoms. The summed E-state index contributed by atoms with van der Waals surface area (Å²) in [5.41, 5.74) is 1.44. The van der Waals surface area contributed by atoms with E-state index in [0.717, 1.165) is 11.3 Å². The van der Waals surface area contributed by atoms with Gasteiger partial charge in [0.1, 0.15) is 16.7 Å². The molecule has 0 spiro atoms. The average Bonchev–Trinajstić information content (AvgIpc) is 3.43. The number of aromatic hydroxyl groups is 1. The summed E-state index contributed by atoms with van der Waals surface area (Å²) in [5.74, 6) is -2.38. The Labute approximate surface area is 240 Å². The molecule has 3 aromatic carbocycles. The van der Waals surface area contributed by atoms with E-state index in [9.17, 15) is 24.3 Å². The number of amides is 3. The third kappa shape index (κ3) is 4.76. The Kier molecular flexibility index (Phi) is 6.87. The molecule has 3 atom stereocenters. The van der Waals surface area contributed by atoms with Crippen LogP contribution in [0.4, 0.5) is 11.4 Å². The number of nitrogens with one attached hydrogen (secondary N) is 2. The third-order valence-electron chi connectivity index (χ3n) is 6.66. The van der Waals surface area contributed by atoms with Crippen LogP contribution < -0.4 is 19.8 Å². The summed E-state index contributed by atoms with van der Waals surface area (Å²) in [6.07, 6.45) is 0. The number of carbonyl (C=O) groups excluding carboxylic acids is 3. The topological polar surface area (TPSA) is 129 Å². The minimum Gasteiger partial charge on any atom is -0.508 e. The summed E-state index contributed by atoms with van der Waals surface area (Å²) in [4.78, 5) is 56.8. The lowest BCUT2D eigenvalue weighted by Crippen LogP contribution is -2.32. The van der Waals surface area contributed by atoms with E-state index in [0.29, 0.717) is 37.6 Å². The van der Waals surface area contributed by atoms with E-state index in [4.69, 9.17) is 16.3 Å². The number of halogens is 1. The van der Waals surface area contributed by atoms with Gasteiger partial charge in [-0.3, -0.25) is 19.2 Å². The van der Waals surface area contributed by atoms with E-state index in [-0.39, 0.29) is 29.0 Å². The predicted molar refractivity (Wildman–Crippen MR) is 153 cm³/mol. The molecule has 6 rings (SSSR count). The fourth-order valence-electron chi connectivity index (χ4n) is 4.96. The zero-order valence-electron chi connectivity index (χ0n) is 20.5. The van der Waals surface area contributed by atoms with Gasteiger partial charge in [-0.2, -0.15) is 0 Å². The number of anilines is 2. The summed E-state index contributed by atoms with van der Waals surface area (Å²) >= 11 is 8.54. The van der Waals surface area contributed by atoms with Gasteiger partial charge in [-0.15, -0.1) is 0 Å². The largest absolute Gasteiger partial charge is 0.508 e. The van der Waals surface area contributed by atoms with Gasteiger partial charge in [0.15, 0.2) is 6.61 Å². The van der Waals surface area contributed by atoms with Crippen LogP contribution >= 0.6 is 34.7 Å². The van der Waals surface area contributed by atoms with Crippen LogP contribution in [-0.2, 0) is 14.4 Å². The Hall–Kier alpha value is -4.06. The first-order valence-corrected chi connectivity index (χ1v) is 14.2. The number of ether oxygens (including phenoxy) is 1. The van der Waals surface area contributed by atoms with E-state index >= 15 is 0 Å². The lowest BCUT2D eigenvalue weighted by molar-refractivity contribution is -0.122. The summed E-state index contributed by atoms with van der Waals surface area (Å²) in [6, 6.07) is 19.6. The first-order valence-electron chi connectivity index (χ1n) is 12.1. The Morgan fingerprint density at radius 1 is 1.02 bits per heavy atom. The number of imide groups is 1. The van der Waals surface area contributed by atoms with Crippen molar-refractivity contribution >= 4 is 63.8 Å². The van der Waals surface area contributed by atoms with Crippen molar-refractivity contribution in [3.8, 4) is 11.5 Å². The van der Waals surface area contributed by atoms with Gasteiger partial charge in [-0.1, -0.05) is 52.9 Å². The summed E-state index contributed by atoms with van der Waals surface area (Å²) in [7, 11) is 0. The molecule has 3 N–H and O–H groups in total. The number of phenols is 1. The molecule has 0 saturated carbocycles. The van der Waals surface area contributed by atoms with Crippen LogP contribution in [0.1, 0.15) is 16.4 Å². The molecule has 1 fully saturated rings. The SMILES string of the molecule is O=C(COc1ccc(Cl)cc1[C@H]1c2sc(=O)[nH]c2SC2C(=O)N(c3ccccc3)C(=O)C21)Nc1ccc(O)cc1. The molecule has 0 bridgehead atoms. The maximum atomic E-state index is 13.9. The van der Waals surface area contributed by atoms with Crippen LogP contribution in [0.3, 0.4) is 0 Å². The van der Waals surface area contributed by atoms with Crippen molar-refractivity contribution in [2.75, 3.05) is 16.8 Å². The zero-order chi connectivity index (χ0) is 28.0. The Morgan fingerprint density at radius 2 is 1.77 bits per heavy atom. The van der Waals surface area contributed by atoms with E-state index in [1.807, 2.05) is 0 Å². The second-order valence-corrected chi connectivity index (χ2v) is 11.8. The molecule has 3 heterocycles. The van der Waals surface area contributed by atoms with Gasteiger partial charge in [-0.05, 0) is 54.6 Å². The normalized spacial score (nSPS) is 19.7. The van der Waals surface area contributed by atoms with Crippen molar-refractivity contribution in [1.82, 2.24) is 4.98 Å². The standard InChI is InChI=1S/C28H20ClN3O6S2/c29-14-6-11-19(38-13-20(34)30-15-7-9-17(33)10-8-15)18(12-14)21-22-24(39-25-23(21)40-28(37)31-25)27(36)32(26(22)35)16-4-2-1-3-5-16/h1-12,21-22,24,33H,13H2,(H,30,34)(H,31,37)/t21-,22?,24?/m1/s1. The maximum Gasteiger partial charge on any atom is 0.305 e. The molecule has 2 unspecified atom stereocenters. The highest BCUT2D eigenvalue weighted by Gasteiger charge is 2.56. The van der Waals surface area contributed by atoms with Gasteiger partial charge in [0.05, 0.1) is 16.6 Å². The smallest absolute Gasteiger partial charge is 0.305 e. The Balaban J connectivity index is 1.36. The van der Waals surface area contributed by atoms with Gasteiger partial charge in [-0.25, -0.2) is 4.90 Å². The summed E-state index contributed by atoms with van der Waals surface area (Å²) in [5, 5.41) is 12.3. The number of rotatable bonds is 6. The number of hydrogen-bond acceptors (Lipinski definition) is 8. The van der Waals surface area contributed by atoms with Crippen LogP contribution in [0.2, 0.25) is 5.02 Å². The van der Waals surface area contributed by atoms with E-state index < -0.39 is 23.0 Å².